The van der Waals surface area contributed by atoms with Gasteiger partial charge >= 0.3 is 0 Å². The Labute approximate surface area is 172 Å². The summed E-state index contributed by atoms with van der Waals surface area (Å²) in [5.74, 6) is -0.392. The van der Waals surface area contributed by atoms with Crippen LogP contribution in [0.2, 0.25) is 0 Å². The van der Waals surface area contributed by atoms with Gasteiger partial charge in [-0.2, -0.15) is 0 Å². The molecule has 148 valence electrons. The van der Waals surface area contributed by atoms with Crippen LogP contribution in [-0.2, 0) is 4.79 Å². The van der Waals surface area contributed by atoms with Crippen molar-refractivity contribution in [1.29, 1.82) is 0 Å². The fourth-order valence-electron chi connectivity index (χ4n) is 3.72. The predicted molar refractivity (Wildman–Crippen MR) is 114 cm³/mol. The maximum absolute atomic E-state index is 14.9. The Morgan fingerprint density at radius 3 is 2.45 bits per heavy atom. The molecule has 0 saturated heterocycles. The fraction of sp³-hybridized carbons (Fsp3) is 0.227. The van der Waals surface area contributed by atoms with Gasteiger partial charge in [0.05, 0.1) is 22.8 Å². The van der Waals surface area contributed by atoms with Crippen LogP contribution in [0, 0.1) is 5.82 Å². The molecule has 1 heterocycles. The number of nitrogens with zero attached hydrogens (tertiary/aromatic N) is 2. The number of halogens is 1. The third-order valence-corrected chi connectivity index (χ3v) is 6.86. The first-order valence-electron chi connectivity index (χ1n) is 9.44. The Balaban J connectivity index is 1.70. The summed E-state index contributed by atoms with van der Waals surface area (Å²) < 4.78 is 14.3. The summed E-state index contributed by atoms with van der Waals surface area (Å²) in [6.07, 6.45) is 6.37. The number of primary amides is 1. The lowest BCUT2D eigenvalue weighted by atomic mass is 10.0. The molecule has 1 aromatic heterocycles. The van der Waals surface area contributed by atoms with Gasteiger partial charge in [-0.3, -0.25) is 9.78 Å². The molecular formula is C22H21FN4OS. The molecule has 5 nitrogen and oxygen atoms in total. The molecule has 29 heavy (non-hydrogen) atoms. The van der Waals surface area contributed by atoms with Crippen LogP contribution in [0.5, 0.6) is 0 Å². The minimum atomic E-state index is -0.589. The maximum atomic E-state index is 14.9. The molecule has 0 aliphatic heterocycles. The van der Waals surface area contributed by atoms with Crippen molar-refractivity contribution in [2.24, 2.45) is 5.73 Å². The lowest BCUT2D eigenvalue weighted by Crippen LogP contribution is -2.38. The summed E-state index contributed by atoms with van der Waals surface area (Å²) in [6.45, 7) is 0. The van der Waals surface area contributed by atoms with E-state index in [0.717, 1.165) is 41.7 Å². The quantitative estimate of drug-likeness (QED) is 0.651. The van der Waals surface area contributed by atoms with Crippen molar-refractivity contribution in [3.63, 3.8) is 0 Å². The SMILES string of the molecule is NC(=O)C1(Sc2ccccc2-c2ccc(-c3cnc(N)cn3)c(F)c2)CCCC1. The van der Waals surface area contributed by atoms with Crippen molar-refractivity contribution >= 4 is 23.5 Å². The average Bonchev–Trinajstić information content (AvgIpc) is 3.19. The third kappa shape index (κ3) is 3.82. The Hall–Kier alpha value is -2.93. The highest BCUT2D eigenvalue weighted by Gasteiger charge is 2.41. The van der Waals surface area contributed by atoms with Crippen molar-refractivity contribution in [1.82, 2.24) is 9.97 Å². The van der Waals surface area contributed by atoms with Gasteiger partial charge in [0.15, 0.2) is 0 Å². The lowest BCUT2D eigenvalue weighted by Gasteiger charge is -2.25. The number of anilines is 1. The summed E-state index contributed by atoms with van der Waals surface area (Å²) in [5, 5.41) is 0. The normalized spacial score (nSPS) is 15.3. The van der Waals surface area contributed by atoms with Crippen LogP contribution in [0.4, 0.5) is 10.2 Å². The van der Waals surface area contributed by atoms with Gasteiger partial charge in [-0.15, -0.1) is 11.8 Å². The number of rotatable bonds is 5. The second-order valence-electron chi connectivity index (χ2n) is 7.18. The van der Waals surface area contributed by atoms with Crippen LogP contribution in [0.15, 0.2) is 59.8 Å². The first kappa shape index (κ1) is 19.4. The molecule has 2 aromatic carbocycles. The molecule has 1 amide bonds. The highest BCUT2D eigenvalue weighted by molar-refractivity contribution is 8.01. The smallest absolute Gasteiger partial charge is 0.234 e. The number of nitrogens with two attached hydrogens (primary N) is 2. The summed E-state index contributed by atoms with van der Waals surface area (Å²) in [4.78, 5) is 21.2. The molecule has 3 aromatic rings. The van der Waals surface area contributed by atoms with E-state index in [2.05, 4.69) is 9.97 Å². The van der Waals surface area contributed by atoms with E-state index in [0.29, 0.717) is 11.3 Å². The van der Waals surface area contributed by atoms with Crippen LogP contribution in [0.25, 0.3) is 22.4 Å². The summed E-state index contributed by atoms with van der Waals surface area (Å²) in [6, 6.07) is 12.7. The predicted octanol–water partition coefficient (Wildman–Crippen LogP) is 4.42. The van der Waals surface area contributed by atoms with Gasteiger partial charge in [0, 0.05) is 10.5 Å². The molecule has 1 aliphatic carbocycles. The second kappa shape index (κ2) is 7.83. The van der Waals surface area contributed by atoms with Gasteiger partial charge in [0.1, 0.15) is 11.6 Å². The van der Waals surface area contributed by atoms with Crippen LogP contribution in [0.1, 0.15) is 25.7 Å². The summed E-state index contributed by atoms with van der Waals surface area (Å²) in [7, 11) is 0. The molecule has 4 rings (SSSR count). The van der Waals surface area contributed by atoms with E-state index in [9.17, 15) is 9.18 Å². The van der Waals surface area contributed by atoms with Crippen molar-refractivity contribution < 1.29 is 9.18 Å². The van der Waals surface area contributed by atoms with Crippen LogP contribution >= 0.6 is 11.8 Å². The van der Waals surface area contributed by atoms with Gasteiger partial charge in [-0.1, -0.05) is 37.1 Å². The van der Waals surface area contributed by atoms with Crippen molar-refractivity contribution in [2.45, 2.75) is 35.3 Å². The topological polar surface area (TPSA) is 94.9 Å². The molecular weight excluding hydrogens is 387 g/mol. The number of thioether (sulfide) groups is 1. The van der Waals surface area contributed by atoms with E-state index in [-0.39, 0.29) is 11.7 Å². The zero-order valence-corrected chi connectivity index (χ0v) is 16.6. The molecule has 1 fully saturated rings. The zero-order valence-electron chi connectivity index (χ0n) is 15.8. The van der Waals surface area contributed by atoms with Gasteiger partial charge < -0.3 is 11.5 Å². The number of hydrogen-bond donors (Lipinski definition) is 2. The Morgan fingerprint density at radius 2 is 1.79 bits per heavy atom. The molecule has 1 saturated carbocycles. The van der Waals surface area contributed by atoms with Crippen molar-refractivity contribution in [2.75, 3.05) is 5.73 Å². The number of benzene rings is 2. The standard InChI is InChI=1S/C22H21FN4OS/c23-17-11-14(7-8-16(17)18-12-27-20(24)13-26-18)15-5-1-2-6-19(15)29-22(21(25)28)9-3-4-10-22/h1-2,5-8,11-13H,3-4,9-10H2,(H2,24,27)(H2,25,28). The van der Waals surface area contributed by atoms with E-state index in [1.807, 2.05) is 30.3 Å². The fourth-order valence-corrected chi connectivity index (χ4v) is 5.17. The number of aromatic nitrogens is 2. The number of amides is 1. The molecule has 4 N–H and O–H groups in total. The van der Waals surface area contributed by atoms with Gasteiger partial charge in [-0.25, -0.2) is 9.37 Å². The largest absolute Gasteiger partial charge is 0.382 e. The number of nitrogen functional groups attached to an aromatic ring is 1. The highest BCUT2D eigenvalue weighted by Crippen LogP contribution is 2.47. The summed E-state index contributed by atoms with van der Waals surface area (Å²) >= 11 is 1.50. The number of carbonyl (C=O) groups is 1. The highest BCUT2D eigenvalue weighted by atomic mass is 32.2. The van der Waals surface area contributed by atoms with E-state index >= 15 is 0 Å². The molecule has 0 unspecified atom stereocenters. The van der Waals surface area contributed by atoms with Crippen molar-refractivity contribution in [3.05, 3.63) is 60.7 Å². The van der Waals surface area contributed by atoms with Gasteiger partial charge in [0.25, 0.3) is 0 Å². The molecule has 0 atom stereocenters. The minimum absolute atomic E-state index is 0.279. The second-order valence-corrected chi connectivity index (χ2v) is 8.61. The maximum Gasteiger partial charge on any atom is 0.234 e. The lowest BCUT2D eigenvalue weighted by molar-refractivity contribution is -0.120. The van der Waals surface area contributed by atoms with Crippen LogP contribution in [0.3, 0.4) is 0 Å². The first-order valence-corrected chi connectivity index (χ1v) is 10.3. The van der Waals surface area contributed by atoms with E-state index in [1.165, 1.54) is 30.2 Å². The van der Waals surface area contributed by atoms with E-state index in [1.54, 1.807) is 6.07 Å². The van der Waals surface area contributed by atoms with Gasteiger partial charge in [-0.05, 0) is 42.2 Å². The zero-order chi connectivity index (χ0) is 20.4. The summed E-state index contributed by atoms with van der Waals surface area (Å²) in [5.41, 5.74) is 13.7. The van der Waals surface area contributed by atoms with Crippen LogP contribution in [-0.4, -0.2) is 20.6 Å². The number of hydrogen-bond acceptors (Lipinski definition) is 5. The number of carbonyl (C=O) groups excluding carboxylic acids is 1. The van der Waals surface area contributed by atoms with Crippen LogP contribution < -0.4 is 11.5 Å². The van der Waals surface area contributed by atoms with Crippen molar-refractivity contribution in [3.8, 4) is 22.4 Å². The molecule has 7 heteroatoms. The van der Waals surface area contributed by atoms with Gasteiger partial charge in [0.2, 0.25) is 5.91 Å². The first-order chi connectivity index (χ1) is 14.0. The molecule has 1 aliphatic rings. The Kier molecular flexibility index (Phi) is 5.24. The molecule has 0 spiro atoms. The molecule has 0 bridgehead atoms. The van der Waals surface area contributed by atoms with E-state index < -0.39 is 10.6 Å². The molecule has 0 radical (unpaired) electrons. The minimum Gasteiger partial charge on any atom is -0.382 e. The Bertz CT molecular complexity index is 1050. The van der Waals surface area contributed by atoms with E-state index in [4.69, 9.17) is 11.5 Å². The Morgan fingerprint density at radius 1 is 1.03 bits per heavy atom. The third-order valence-electron chi connectivity index (χ3n) is 5.28. The monoisotopic (exact) mass is 408 g/mol. The average molecular weight is 409 g/mol.